The first-order chi connectivity index (χ1) is 6.59. The summed E-state index contributed by atoms with van der Waals surface area (Å²) in [7, 11) is -0.0296. The van der Waals surface area contributed by atoms with E-state index in [1.807, 2.05) is 0 Å². The van der Waals surface area contributed by atoms with Gasteiger partial charge < -0.3 is 0 Å². The smallest absolute Gasteiger partial charge is 0.00988 e. The first kappa shape index (κ1) is 9.93. The van der Waals surface area contributed by atoms with Gasteiger partial charge in [0.05, 0.1) is 0 Å². The van der Waals surface area contributed by atoms with Crippen molar-refractivity contribution in [2.75, 3.05) is 6.16 Å². The molecule has 1 aromatic rings. The van der Waals surface area contributed by atoms with Crippen LogP contribution in [0.15, 0.2) is 41.7 Å². The first-order valence-corrected chi connectivity index (χ1v) is 6.70. The minimum atomic E-state index is -0.0296. The number of hydrogen-bond acceptors (Lipinski definition) is 0. The summed E-state index contributed by atoms with van der Waals surface area (Å²) in [6.07, 6.45) is 1.32. The third-order valence-corrected chi connectivity index (χ3v) is 5.86. The second-order valence-corrected chi connectivity index (χ2v) is 6.69. The third kappa shape index (κ3) is 1.77. The van der Waals surface area contributed by atoms with Gasteiger partial charge in [0, 0.05) is 0 Å². The van der Waals surface area contributed by atoms with Crippen molar-refractivity contribution in [3.63, 3.8) is 0 Å². The van der Waals surface area contributed by atoms with E-state index < -0.39 is 0 Å². The molecule has 1 aliphatic heterocycles. The minimum absolute atomic E-state index is 0.0296. The third-order valence-electron chi connectivity index (χ3n) is 3.07. The molecule has 0 nitrogen and oxygen atoms in total. The van der Waals surface area contributed by atoms with Gasteiger partial charge in [-0.3, -0.25) is 0 Å². The summed E-state index contributed by atoms with van der Waals surface area (Å²) >= 11 is 0. The fourth-order valence-corrected chi connectivity index (χ4v) is 4.69. The molecule has 0 fully saturated rings. The van der Waals surface area contributed by atoms with Gasteiger partial charge in [0.25, 0.3) is 0 Å². The molecule has 0 saturated heterocycles. The van der Waals surface area contributed by atoms with Crippen molar-refractivity contribution in [2.45, 2.75) is 20.8 Å². The van der Waals surface area contributed by atoms with Crippen LogP contribution in [0.3, 0.4) is 0 Å². The molecule has 14 heavy (non-hydrogen) atoms. The molecule has 0 aromatic heterocycles. The molecule has 0 radical (unpaired) electrons. The molecule has 0 N–H and O–H groups in total. The topological polar surface area (TPSA) is 0 Å². The Morgan fingerprint density at radius 2 is 1.79 bits per heavy atom. The highest BCUT2D eigenvalue weighted by atomic mass is 31.1. The Morgan fingerprint density at radius 3 is 2.29 bits per heavy atom. The maximum Gasteiger partial charge on any atom is -0.00988 e. The quantitative estimate of drug-likeness (QED) is 0.611. The fourth-order valence-electron chi connectivity index (χ4n) is 1.79. The molecule has 1 aromatic carbocycles. The van der Waals surface area contributed by atoms with E-state index in [2.05, 4.69) is 56.9 Å². The van der Waals surface area contributed by atoms with Crippen LogP contribution in [0.25, 0.3) is 0 Å². The molecule has 1 heterocycles. The van der Waals surface area contributed by atoms with E-state index in [1.54, 1.807) is 5.57 Å². The fraction of sp³-hybridized carbons (Fsp3) is 0.385. The summed E-state index contributed by atoms with van der Waals surface area (Å²) in [5, 5.41) is 1.52. The predicted molar refractivity (Wildman–Crippen MR) is 65.4 cm³/mol. The maximum absolute atomic E-state index is 2.49. The van der Waals surface area contributed by atoms with Crippen LogP contribution in [-0.2, 0) is 0 Å². The molecule has 2 rings (SSSR count). The van der Waals surface area contributed by atoms with Gasteiger partial charge in [-0.05, 0) is 23.8 Å². The molecule has 0 bridgehead atoms. The standard InChI is InChI=1S/C13H17P/c1-11-9-14(10-13(11,2)3)12-7-5-4-6-8-12/h4-9H,10H2,1-3H3. The van der Waals surface area contributed by atoms with Crippen LogP contribution in [0.4, 0.5) is 0 Å². The monoisotopic (exact) mass is 204 g/mol. The second-order valence-electron chi connectivity index (χ2n) is 4.66. The highest BCUT2D eigenvalue weighted by Gasteiger charge is 2.30. The Labute approximate surface area is 87.8 Å². The SMILES string of the molecule is CC1=CP(c2ccccc2)CC1(C)C. The lowest BCUT2D eigenvalue weighted by molar-refractivity contribution is 0.523. The maximum atomic E-state index is 2.49. The van der Waals surface area contributed by atoms with Crippen LogP contribution >= 0.6 is 7.92 Å². The van der Waals surface area contributed by atoms with Gasteiger partial charge in [0.1, 0.15) is 0 Å². The Kier molecular flexibility index (Phi) is 2.49. The Hall–Kier alpha value is -0.610. The first-order valence-electron chi connectivity index (χ1n) is 5.10. The molecule has 1 aliphatic rings. The van der Waals surface area contributed by atoms with E-state index in [9.17, 15) is 0 Å². The molecular formula is C13H17P. The minimum Gasteiger partial charge on any atom is -0.0665 e. The van der Waals surface area contributed by atoms with Gasteiger partial charge in [0.2, 0.25) is 0 Å². The summed E-state index contributed by atoms with van der Waals surface area (Å²) < 4.78 is 0. The van der Waals surface area contributed by atoms with Crippen molar-refractivity contribution in [3.8, 4) is 0 Å². The van der Waals surface area contributed by atoms with Crippen LogP contribution in [0, 0.1) is 5.41 Å². The summed E-state index contributed by atoms with van der Waals surface area (Å²) in [5.41, 5.74) is 1.98. The lowest BCUT2D eigenvalue weighted by atomic mass is 9.89. The Bertz CT molecular complexity index is 349. The lowest BCUT2D eigenvalue weighted by Crippen LogP contribution is -2.13. The van der Waals surface area contributed by atoms with E-state index in [0.717, 1.165) is 0 Å². The van der Waals surface area contributed by atoms with Crippen LogP contribution < -0.4 is 5.30 Å². The van der Waals surface area contributed by atoms with Gasteiger partial charge in [0.15, 0.2) is 0 Å². The van der Waals surface area contributed by atoms with Gasteiger partial charge in [-0.2, -0.15) is 0 Å². The normalized spacial score (nSPS) is 24.8. The van der Waals surface area contributed by atoms with Gasteiger partial charge in [-0.1, -0.05) is 63.5 Å². The van der Waals surface area contributed by atoms with Crippen LogP contribution in [-0.4, -0.2) is 6.16 Å². The molecular weight excluding hydrogens is 187 g/mol. The molecule has 0 saturated carbocycles. The molecule has 1 atom stereocenters. The second kappa shape index (κ2) is 3.51. The van der Waals surface area contributed by atoms with Crippen molar-refractivity contribution in [1.29, 1.82) is 0 Å². The Balaban J connectivity index is 2.26. The molecule has 1 heteroatoms. The van der Waals surface area contributed by atoms with Crippen molar-refractivity contribution < 1.29 is 0 Å². The largest absolute Gasteiger partial charge is 0.0665 e. The van der Waals surface area contributed by atoms with Gasteiger partial charge >= 0.3 is 0 Å². The number of benzene rings is 1. The summed E-state index contributed by atoms with van der Waals surface area (Å²) in [4.78, 5) is 0. The molecule has 0 amide bonds. The number of allylic oxidation sites excluding steroid dienone is 1. The van der Waals surface area contributed by atoms with Crippen molar-refractivity contribution in [1.82, 2.24) is 0 Å². The molecule has 0 aliphatic carbocycles. The molecule has 1 unspecified atom stereocenters. The van der Waals surface area contributed by atoms with Crippen molar-refractivity contribution in [3.05, 3.63) is 41.7 Å². The van der Waals surface area contributed by atoms with Crippen molar-refractivity contribution in [2.24, 2.45) is 5.41 Å². The summed E-state index contributed by atoms with van der Waals surface area (Å²) in [5.74, 6) is 2.49. The average molecular weight is 204 g/mol. The van der Waals surface area contributed by atoms with E-state index in [4.69, 9.17) is 0 Å². The highest BCUT2D eigenvalue weighted by molar-refractivity contribution is 7.69. The Morgan fingerprint density at radius 1 is 1.14 bits per heavy atom. The zero-order chi connectivity index (χ0) is 10.2. The molecule has 74 valence electrons. The van der Waals surface area contributed by atoms with Crippen LogP contribution in [0.1, 0.15) is 20.8 Å². The van der Waals surface area contributed by atoms with Crippen LogP contribution in [0.2, 0.25) is 0 Å². The van der Waals surface area contributed by atoms with Crippen molar-refractivity contribution >= 4 is 13.2 Å². The lowest BCUT2D eigenvalue weighted by Gasteiger charge is -2.20. The van der Waals surface area contributed by atoms with E-state index in [1.165, 1.54) is 11.5 Å². The van der Waals surface area contributed by atoms with Gasteiger partial charge in [-0.15, -0.1) is 0 Å². The van der Waals surface area contributed by atoms with E-state index in [0.29, 0.717) is 5.41 Å². The zero-order valence-corrected chi connectivity index (χ0v) is 10.0. The van der Waals surface area contributed by atoms with E-state index in [-0.39, 0.29) is 7.92 Å². The van der Waals surface area contributed by atoms with Gasteiger partial charge in [-0.25, -0.2) is 0 Å². The number of rotatable bonds is 1. The number of hydrogen-bond donors (Lipinski definition) is 0. The molecule has 0 spiro atoms. The zero-order valence-electron chi connectivity index (χ0n) is 9.12. The van der Waals surface area contributed by atoms with Crippen LogP contribution in [0.5, 0.6) is 0 Å². The van der Waals surface area contributed by atoms with E-state index >= 15 is 0 Å². The summed E-state index contributed by atoms with van der Waals surface area (Å²) in [6, 6.07) is 10.9. The average Bonchev–Trinajstić information content (AvgIpc) is 2.43. The highest BCUT2D eigenvalue weighted by Crippen LogP contribution is 2.53. The summed E-state index contributed by atoms with van der Waals surface area (Å²) in [6.45, 7) is 6.97. The predicted octanol–water partition coefficient (Wildman–Crippen LogP) is 3.74.